The number of ether oxygens (including phenoxy) is 1. The first-order valence-corrected chi connectivity index (χ1v) is 7.51. The second-order valence-electron chi connectivity index (χ2n) is 5.35. The van der Waals surface area contributed by atoms with Gasteiger partial charge in [-0.2, -0.15) is 0 Å². The molecule has 0 aliphatic rings. The monoisotopic (exact) mass is 330 g/mol. The molecule has 0 aliphatic heterocycles. The predicted molar refractivity (Wildman–Crippen MR) is 88.0 cm³/mol. The summed E-state index contributed by atoms with van der Waals surface area (Å²) in [4.78, 5) is 23.4. The van der Waals surface area contributed by atoms with E-state index in [-0.39, 0.29) is 18.6 Å². The van der Waals surface area contributed by atoms with E-state index in [1.807, 2.05) is 32.0 Å². The van der Waals surface area contributed by atoms with Crippen LogP contribution in [0.3, 0.4) is 0 Å². The molecule has 0 bridgehead atoms. The van der Waals surface area contributed by atoms with Gasteiger partial charge in [-0.05, 0) is 37.6 Å². The summed E-state index contributed by atoms with van der Waals surface area (Å²) in [6.07, 6.45) is 0.0604. The third-order valence-electron chi connectivity index (χ3n) is 3.35. The summed E-state index contributed by atoms with van der Waals surface area (Å²) in [6.45, 7) is 4.09. The van der Waals surface area contributed by atoms with Gasteiger partial charge in [0.15, 0.2) is 0 Å². The number of aryl methyl sites for hydroxylation is 2. The zero-order chi connectivity index (χ0) is 17.5. The Labute approximate surface area is 139 Å². The number of carbonyl (C=O) groups is 2. The van der Waals surface area contributed by atoms with Crippen molar-refractivity contribution < 1.29 is 18.7 Å². The number of halogens is 1. The van der Waals surface area contributed by atoms with Crippen molar-refractivity contribution in [2.75, 3.05) is 6.61 Å². The molecular formula is C18H19FN2O3. The lowest BCUT2D eigenvalue weighted by Gasteiger charge is -2.10. The molecule has 2 aromatic carbocycles. The fraction of sp³-hybridized carbons (Fsp3) is 0.222. The van der Waals surface area contributed by atoms with E-state index in [0.717, 1.165) is 11.1 Å². The maximum absolute atomic E-state index is 13.4. The largest absolute Gasteiger partial charge is 0.493 e. The third kappa shape index (κ3) is 4.81. The summed E-state index contributed by atoms with van der Waals surface area (Å²) >= 11 is 0. The summed E-state index contributed by atoms with van der Waals surface area (Å²) in [5, 5.41) is 0. The van der Waals surface area contributed by atoms with E-state index in [4.69, 9.17) is 4.74 Å². The van der Waals surface area contributed by atoms with Gasteiger partial charge >= 0.3 is 0 Å². The summed E-state index contributed by atoms with van der Waals surface area (Å²) < 4.78 is 19.0. The number of hydrogen-bond donors (Lipinski definition) is 2. The molecule has 0 heterocycles. The van der Waals surface area contributed by atoms with Crippen molar-refractivity contribution in [1.29, 1.82) is 0 Å². The van der Waals surface area contributed by atoms with Gasteiger partial charge in [-0.3, -0.25) is 20.4 Å². The van der Waals surface area contributed by atoms with Crippen LogP contribution in [-0.4, -0.2) is 18.4 Å². The molecule has 0 unspecified atom stereocenters. The van der Waals surface area contributed by atoms with Crippen molar-refractivity contribution in [2.45, 2.75) is 20.3 Å². The standard InChI is InChI=1S/C18H19FN2O3/c1-12-7-8-16(13(2)11-12)24-10-9-17(22)20-21-18(23)14-5-3-4-6-15(14)19/h3-8,11H,9-10H2,1-2H3,(H,20,22)(H,21,23). The smallest absolute Gasteiger partial charge is 0.272 e. The van der Waals surface area contributed by atoms with Crippen molar-refractivity contribution >= 4 is 11.8 Å². The Kier molecular flexibility index (Phi) is 5.89. The molecule has 0 atom stereocenters. The minimum absolute atomic E-state index is 0.0604. The molecule has 2 rings (SSSR count). The zero-order valence-electron chi connectivity index (χ0n) is 13.6. The van der Waals surface area contributed by atoms with Crippen LogP contribution in [0.1, 0.15) is 27.9 Å². The van der Waals surface area contributed by atoms with Gasteiger partial charge in [0.2, 0.25) is 5.91 Å². The Hall–Kier alpha value is -2.89. The van der Waals surface area contributed by atoms with Crippen LogP contribution in [0.5, 0.6) is 5.75 Å². The van der Waals surface area contributed by atoms with E-state index in [1.165, 1.54) is 24.3 Å². The van der Waals surface area contributed by atoms with E-state index in [2.05, 4.69) is 10.9 Å². The second-order valence-corrected chi connectivity index (χ2v) is 5.35. The van der Waals surface area contributed by atoms with Gasteiger partial charge in [-0.15, -0.1) is 0 Å². The van der Waals surface area contributed by atoms with Gasteiger partial charge in [-0.25, -0.2) is 4.39 Å². The van der Waals surface area contributed by atoms with Crippen molar-refractivity contribution in [3.8, 4) is 5.75 Å². The molecule has 2 aromatic rings. The van der Waals surface area contributed by atoms with Crippen molar-refractivity contribution in [3.63, 3.8) is 0 Å². The Morgan fingerprint density at radius 3 is 2.54 bits per heavy atom. The van der Waals surface area contributed by atoms with E-state index in [0.29, 0.717) is 5.75 Å². The number of amides is 2. The Morgan fingerprint density at radius 2 is 1.83 bits per heavy atom. The van der Waals surface area contributed by atoms with E-state index < -0.39 is 17.6 Å². The zero-order valence-corrected chi connectivity index (χ0v) is 13.6. The first-order chi connectivity index (χ1) is 11.5. The molecule has 24 heavy (non-hydrogen) atoms. The molecule has 5 nitrogen and oxygen atoms in total. The van der Waals surface area contributed by atoms with Crippen LogP contribution < -0.4 is 15.6 Å². The van der Waals surface area contributed by atoms with Crippen LogP contribution in [0, 0.1) is 19.7 Å². The Morgan fingerprint density at radius 1 is 1.08 bits per heavy atom. The minimum atomic E-state index is -0.711. The summed E-state index contributed by atoms with van der Waals surface area (Å²) in [6, 6.07) is 11.3. The molecule has 0 aromatic heterocycles. The maximum Gasteiger partial charge on any atom is 0.272 e. The topological polar surface area (TPSA) is 67.4 Å². The lowest BCUT2D eigenvalue weighted by atomic mass is 10.1. The maximum atomic E-state index is 13.4. The molecule has 6 heteroatoms. The van der Waals surface area contributed by atoms with Crippen LogP contribution in [0.4, 0.5) is 4.39 Å². The molecule has 126 valence electrons. The summed E-state index contributed by atoms with van der Waals surface area (Å²) in [5.74, 6) is -1.08. The van der Waals surface area contributed by atoms with Crippen LogP contribution in [0.2, 0.25) is 0 Å². The first-order valence-electron chi connectivity index (χ1n) is 7.51. The highest BCUT2D eigenvalue weighted by Gasteiger charge is 2.11. The highest BCUT2D eigenvalue weighted by Crippen LogP contribution is 2.18. The van der Waals surface area contributed by atoms with Crippen LogP contribution in [-0.2, 0) is 4.79 Å². The molecule has 0 saturated carbocycles. The molecule has 0 radical (unpaired) electrons. The van der Waals surface area contributed by atoms with Gasteiger partial charge in [-0.1, -0.05) is 29.8 Å². The van der Waals surface area contributed by atoms with Crippen LogP contribution >= 0.6 is 0 Å². The number of carbonyl (C=O) groups excluding carboxylic acids is 2. The Balaban J connectivity index is 1.75. The number of hydrogen-bond acceptors (Lipinski definition) is 3. The molecule has 0 spiro atoms. The van der Waals surface area contributed by atoms with E-state index in [9.17, 15) is 14.0 Å². The highest BCUT2D eigenvalue weighted by molar-refractivity contribution is 5.95. The predicted octanol–water partition coefficient (Wildman–Crippen LogP) is 2.67. The SMILES string of the molecule is Cc1ccc(OCCC(=O)NNC(=O)c2ccccc2F)c(C)c1. The summed E-state index contributed by atoms with van der Waals surface area (Å²) in [7, 11) is 0. The first kappa shape index (κ1) is 17.5. The van der Waals surface area contributed by atoms with Gasteiger partial charge in [0.25, 0.3) is 5.91 Å². The molecule has 0 fully saturated rings. The fourth-order valence-electron chi connectivity index (χ4n) is 2.12. The van der Waals surface area contributed by atoms with Gasteiger partial charge in [0.1, 0.15) is 11.6 Å². The van der Waals surface area contributed by atoms with Crippen molar-refractivity contribution in [1.82, 2.24) is 10.9 Å². The fourth-order valence-corrected chi connectivity index (χ4v) is 2.12. The van der Waals surface area contributed by atoms with Crippen molar-refractivity contribution in [3.05, 3.63) is 65.0 Å². The van der Waals surface area contributed by atoms with E-state index in [1.54, 1.807) is 0 Å². The van der Waals surface area contributed by atoms with Crippen molar-refractivity contribution in [2.24, 2.45) is 0 Å². The molecule has 2 N–H and O–H groups in total. The molecular weight excluding hydrogens is 311 g/mol. The number of rotatable bonds is 5. The van der Waals surface area contributed by atoms with Gasteiger partial charge in [0, 0.05) is 0 Å². The molecule has 0 aliphatic carbocycles. The summed E-state index contributed by atoms with van der Waals surface area (Å²) in [5.41, 5.74) is 6.39. The average molecular weight is 330 g/mol. The third-order valence-corrected chi connectivity index (χ3v) is 3.35. The van der Waals surface area contributed by atoms with Crippen LogP contribution in [0.25, 0.3) is 0 Å². The average Bonchev–Trinajstić information content (AvgIpc) is 2.55. The molecule has 2 amide bonds. The van der Waals surface area contributed by atoms with Gasteiger partial charge < -0.3 is 4.74 Å². The van der Waals surface area contributed by atoms with Crippen LogP contribution in [0.15, 0.2) is 42.5 Å². The second kappa shape index (κ2) is 8.10. The normalized spacial score (nSPS) is 10.1. The highest BCUT2D eigenvalue weighted by atomic mass is 19.1. The lowest BCUT2D eigenvalue weighted by Crippen LogP contribution is -2.42. The van der Waals surface area contributed by atoms with Gasteiger partial charge in [0.05, 0.1) is 18.6 Å². The minimum Gasteiger partial charge on any atom is -0.493 e. The molecule has 0 saturated heterocycles. The Bertz CT molecular complexity index is 747. The lowest BCUT2D eigenvalue weighted by molar-refractivity contribution is -0.122. The quantitative estimate of drug-likeness (QED) is 0.828. The van der Waals surface area contributed by atoms with E-state index >= 15 is 0 Å². The number of benzene rings is 2. The number of nitrogens with one attached hydrogen (secondary N) is 2. The number of hydrazine groups is 1.